The number of Topliss-reactive ketones (excluding diaryl/α,β-unsaturated/α-hetero) is 1. The SMILES string of the molecule is O=C(c1ccc(Br)cc1)[C@H]1[C@@H]2CCCN2[C@]2(C(=O)Nc3ccc(Cl)cc32)[C@@]12C(=O)Nc1ccccc12. The Bertz CT molecular complexity index is 1490. The molecule has 0 radical (unpaired) electrons. The molecule has 8 heteroatoms. The van der Waals surface area contributed by atoms with Crippen LogP contribution in [0.1, 0.15) is 34.3 Å². The lowest BCUT2D eigenvalue weighted by atomic mass is 9.57. The Balaban J connectivity index is 1.59. The number of benzene rings is 3. The number of nitrogens with one attached hydrogen (secondary N) is 2. The highest BCUT2D eigenvalue weighted by Gasteiger charge is 2.81. The third-order valence-electron chi connectivity index (χ3n) is 8.47. The molecule has 2 saturated heterocycles. The molecule has 36 heavy (non-hydrogen) atoms. The number of hydrogen-bond acceptors (Lipinski definition) is 4. The van der Waals surface area contributed by atoms with Gasteiger partial charge in [-0.15, -0.1) is 0 Å². The molecule has 2 spiro atoms. The third-order valence-corrected chi connectivity index (χ3v) is 9.23. The van der Waals surface area contributed by atoms with Crippen LogP contribution in [0, 0.1) is 5.92 Å². The average molecular weight is 563 g/mol. The minimum Gasteiger partial charge on any atom is -0.325 e. The molecule has 4 atom stereocenters. The largest absolute Gasteiger partial charge is 0.325 e. The molecule has 4 heterocycles. The summed E-state index contributed by atoms with van der Waals surface area (Å²) >= 11 is 9.93. The standard InChI is InChI=1S/C28H21BrClN3O3/c29-16-9-7-15(8-10-16)24(34)23-22-6-3-13-33(22)28(19-14-17(30)11-12-21(19)32-26(28)36)27(23)18-4-1-2-5-20(18)31-25(27)35/h1-2,4-5,7-12,14,22-23H,3,6,13H2,(H,31,35)(H,32,36)/t22-,23+,27+,28+/m0/s1. The van der Waals surface area contributed by atoms with E-state index in [-0.39, 0.29) is 23.6 Å². The van der Waals surface area contributed by atoms with Crippen LogP contribution < -0.4 is 10.6 Å². The number of carbonyl (C=O) groups excluding carboxylic acids is 3. The minimum absolute atomic E-state index is 0.133. The number of carbonyl (C=O) groups is 3. The van der Waals surface area contributed by atoms with Crippen molar-refractivity contribution in [3.63, 3.8) is 0 Å². The van der Waals surface area contributed by atoms with Crippen LogP contribution in [0.3, 0.4) is 0 Å². The first-order valence-electron chi connectivity index (χ1n) is 12.0. The lowest BCUT2D eigenvalue weighted by Crippen LogP contribution is -2.62. The summed E-state index contributed by atoms with van der Waals surface area (Å²) in [7, 11) is 0. The van der Waals surface area contributed by atoms with E-state index in [0.29, 0.717) is 39.6 Å². The van der Waals surface area contributed by atoms with E-state index in [1.54, 1.807) is 30.3 Å². The van der Waals surface area contributed by atoms with Crippen LogP contribution in [0.2, 0.25) is 5.02 Å². The Kier molecular flexibility index (Phi) is 4.63. The molecule has 0 aromatic heterocycles. The maximum absolute atomic E-state index is 14.5. The Morgan fingerprint density at radius 3 is 2.47 bits per heavy atom. The second-order valence-electron chi connectivity index (χ2n) is 9.91. The van der Waals surface area contributed by atoms with Crippen molar-refractivity contribution in [3.8, 4) is 0 Å². The van der Waals surface area contributed by atoms with Crippen molar-refractivity contribution in [2.45, 2.75) is 29.8 Å². The van der Waals surface area contributed by atoms with Gasteiger partial charge in [-0.25, -0.2) is 0 Å². The van der Waals surface area contributed by atoms with Gasteiger partial charge in [-0.1, -0.05) is 57.9 Å². The van der Waals surface area contributed by atoms with Crippen LogP contribution in [0.25, 0.3) is 0 Å². The number of amides is 2. The van der Waals surface area contributed by atoms with Gasteiger partial charge in [0.05, 0.1) is 5.92 Å². The quantitative estimate of drug-likeness (QED) is 0.425. The molecular formula is C28H21BrClN3O3. The van der Waals surface area contributed by atoms with E-state index >= 15 is 0 Å². The van der Waals surface area contributed by atoms with Crippen molar-refractivity contribution < 1.29 is 14.4 Å². The molecule has 2 N–H and O–H groups in total. The first kappa shape index (κ1) is 22.2. The molecule has 3 aromatic rings. The number of rotatable bonds is 2. The topological polar surface area (TPSA) is 78.5 Å². The fourth-order valence-electron chi connectivity index (χ4n) is 7.34. The smallest absolute Gasteiger partial charge is 0.251 e. The molecule has 4 aliphatic rings. The zero-order valence-electron chi connectivity index (χ0n) is 19.1. The number of nitrogens with zero attached hydrogens (tertiary/aromatic N) is 1. The van der Waals surface area contributed by atoms with E-state index in [4.69, 9.17) is 11.6 Å². The number of hydrogen-bond donors (Lipinski definition) is 2. The van der Waals surface area contributed by atoms with Crippen LogP contribution in [0.4, 0.5) is 11.4 Å². The predicted octanol–water partition coefficient (Wildman–Crippen LogP) is 5.12. The summed E-state index contributed by atoms with van der Waals surface area (Å²) in [6.07, 6.45) is 1.55. The van der Waals surface area contributed by atoms with Crippen molar-refractivity contribution in [3.05, 3.63) is 92.9 Å². The molecule has 180 valence electrons. The van der Waals surface area contributed by atoms with Crippen molar-refractivity contribution in [1.29, 1.82) is 0 Å². The summed E-state index contributed by atoms with van der Waals surface area (Å²) in [6.45, 7) is 0.603. The minimum atomic E-state index is -1.46. The number of fused-ring (bicyclic) bond motifs is 7. The average Bonchev–Trinajstić information content (AvgIpc) is 3.58. The highest BCUT2D eigenvalue weighted by Crippen LogP contribution is 2.68. The Hall–Kier alpha value is -3.00. The maximum atomic E-state index is 14.5. The number of ketones is 1. The van der Waals surface area contributed by atoms with Gasteiger partial charge >= 0.3 is 0 Å². The fraction of sp³-hybridized carbons (Fsp3) is 0.250. The summed E-state index contributed by atoms with van der Waals surface area (Å²) in [5.74, 6) is -1.51. The summed E-state index contributed by atoms with van der Waals surface area (Å²) in [5.41, 5.74) is 0.268. The summed E-state index contributed by atoms with van der Waals surface area (Å²) in [5, 5.41) is 6.56. The van der Waals surface area contributed by atoms with Gasteiger partial charge in [0.1, 0.15) is 11.0 Å². The maximum Gasteiger partial charge on any atom is 0.251 e. The van der Waals surface area contributed by atoms with Crippen LogP contribution in [0.5, 0.6) is 0 Å². The van der Waals surface area contributed by atoms with Gasteiger partial charge in [-0.2, -0.15) is 0 Å². The first-order valence-corrected chi connectivity index (χ1v) is 13.2. The molecule has 2 fully saturated rings. The van der Waals surface area contributed by atoms with Gasteiger partial charge in [0.25, 0.3) is 5.91 Å². The zero-order valence-corrected chi connectivity index (χ0v) is 21.4. The molecule has 0 unspecified atom stereocenters. The molecule has 6 nitrogen and oxygen atoms in total. The molecular weight excluding hydrogens is 542 g/mol. The van der Waals surface area contributed by atoms with E-state index in [1.165, 1.54) is 0 Å². The second kappa shape index (κ2) is 7.51. The first-order chi connectivity index (χ1) is 17.4. The van der Waals surface area contributed by atoms with Crippen LogP contribution in [0.15, 0.2) is 71.2 Å². The lowest BCUT2D eigenvalue weighted by Gasteiger charge is -2.43. The van der Waals surface area contributed by atoms with E-state index in [0.717, 1.165) is 17.3 Å². The molecule has 2 amide bonds. The van der Waals surface area contributed by atoms with E-state index in [1.807, 2.05) is 36.4 Å². The molecule has 0 bridgehead atoms. The van der Waals surface area contributed by atoms with Crippen molar-refractivity contribution in [2.75, 3.05) is 17.2 Å². The van der Waals surface area contributed by atoms with E-state index < -0.39 is 16.9 Å². The highest BCUT2D eigenvalue weighted by atomic mass is 79.9. The summed E-state index contributed by atoms with van der Waals surface area (Å²) in [6, 6.07) is 19.7. The monoisotopic (exact) mass is 561 g/mol. The number of para-hydroxylation sites is 1. The van der Waals surface area contributed by atoms with Crippen molar-refractivity contribution in [2.24, 2.45) is 5.92 Å². The lowest BCUT2D eigenvalue weighted by molar-refractivity contribution is -0.137. The zero-order chi connectivity index (χ0) is 24.8. The highest BCUT2D eigenvalue weighted by molar-refractivity contribution is 9.10. The number of halogens is 2. The van der Waals surface area contributed by atoms with Gasteiger partial charge in [0.2, 0.25) is 5.91 Å². The molecule has 7 rings (SSSR count). The normalized spacial score (nSPS) is 29.8. The van der Waals surface area contributed by atoms with Crippen LogP contribution in [-0.2, 0) is 20.5 Å². The van der Waals surface area contributed by atoms with Crippen molar-refractivity contribution in [1.82, 2.24) is 4.90 Å². The van der Waals surface area contributed by atoms with Crippen molar-refractivity contribution >= 4 is 56.5 Å². The van der Waals surface area contributed by atoms with Gasteiger partial charge in [0, 0.05) is 38.0 Å². The van der Waals surface area contributed by atoms with Crippen LogP contribution in [-0.4, -0.2) is 35.1 Å². The Morgan fingerprint density at radius 2 is 1.67 bits per heavy atom. The third kappa shape index (κ3) is 2.48. The Labute approximate surface area is 221 Å². The fourth-order valence-corrected chi connectivity index (χ4v) is 7.78. The Morgan fingerprint density at radius 1 is 0.944 bits per heavy atom. The van der Waals surface area contributed by atoms with Gasteiger partial charge in [-0.3, -0.25) is 19.3 Å². The molecule has 0 aliphatic carbocycles. The summed E-state index contributed by atoms with van der Waals surface area (Å²) in [4.78, 5) is 45.2. The molecule has 0 saturated carbocycles. The van der Waals surface area contributed by atoms with Gasteiger partial charge in [0.15, 0.2) is 5.78 Å². The predicted molar refractivity (Wildman–Crippen MR) is 140 cm³/mol. The second-order valence-corrected chi connectivity index (χ2v) is 11.3. The molecule has 3 aromatic carbocycles. The van der Waals surface area contributed by atoms with Gasteiger partial charge < -0.3 is 10.6 Å². The van der Waals surface area contributed by atoms with E-state index in [2.05, 4.69) is 31.5 Å². The molecule has 4 aliphatic heterocycles. The van der Waals surface area contributed by atoms with Crippen LogP contribution >= 0.6 is 27.5 Å². The number of anilines is 2. The summed E-state index contributed by atoms with van der Waals surface area (Å²) < 4.78 is 0.863. The van der Waals surface area contributed by atoms with Gasteiger partial charge in [-0.05, 0) is 61.3 Å². The van der Waals surface area contributed by atoms with E-state index in [9.17, 15) is 14.4 Å².